The second-order valence-corrected chi connectivity index (χ2v) is 8.36. The highest BCUT2D eigenvalue weighted by atomic mass is 16.6. The van der Waals surface area contributed by atoms with Crippen LogP contribution < -0.4 is 10.2 Å². The summed E-state index contributed by atoms with van der Waals surface area (Å²) >= 11 is 0. The van der Waals surface area contributed by atoms with Crippen molar-refractivity contribution in [3.8, 4) is 28.6 Å². The summed E-state index contributed by atoms with van der Waals surface area (Å²) in [5.41, 5.74) is 7.72. The zero-order valence-electron chi connectivity index (χ0n) is 18.2. The molecule has 1 aliphatic heterocycles. The zero-order chi connectivity index (χ0) is 22.9. The number of carbonyl (C=O) groups excluding carboxylic acids is 2. The van der Waals surface area contributed by atoms with Gasteiger partial charge in [0.25, 0.3) is 0 Å². The van der Waals surface area contributed by atoms with Crippen LogP contribution in [0, 0.1) is 11.3 Å². The van der Waals surface area contributed by atoms with Gasteiger partial charge in [0.15, 0.2) is 0 Å². The van der Waals surface area contributed by atoms with Crippen molar-refractivity contribution in [1.82, 2.24) is 15.5 Å². The Bertz CT molecular complexity index is 1270. The maximum atomic E-state index is 12.4. The van der Waals surface area contributed by atoms with Crippen LogP contribution in [0.4, 0.5) is 10.5 Å². The van der Waals surface area contributed by atoms with Crippen LogP contribution in [0.25, 0.3) is 22.5 Å². The Labute approximate surface area is 191 Å². The van der Waals surface area contributed by atoms with Gasteiger partial charge in [0.1, 0.15) is 6.10 Å². The summed E-state index contributed by atoms with van der Waals surface area (Å²) in [6, 6.07) is 15.6. The molecule has 0 spiro atoms. The van der Waals surface area contributed by atoms with Gasteiger partial charge in [-0.05, 0) is 49.1 Å². The minimum Gasteiger partial charge on any atom is -0.442 e. The third-order valence-corrected chi connectivity index (χ3v) is 6.15. The van der Waals surface area contributed by atoms with Gasteiger partial charge in [-0.2, -0.15) is 10.4 Å². The summed E-state index contributed by atoms with van der Waals surface area (Å²) in [6.45, 7) is 2.14. The number of amides is 2. The van der Waals surface area contributed by atoms with Gasteiger partial charge in [-0.3, -0.25) is 14.8 Å². The fourth-order valence-electron chi connectivity index (χ4n) is 4.52. The minimum absolute atomic E-state index is 0.148. The maximum absolute atomic E-state index is 12.4. The van der Waals surface area contributed by atoms with E-state index in [-0.39, 0.29) is 12.0 Å². The number of nitriles is 1. The van der Waals surface area contributed by atoms with Crippen molar-refractivity contribution in [2.24, 2.45) is 0 Å². The Morgan fingerprint density at radius 1 is 1.27 bits per heavy atom. The molecule has 3 aromatic rings. The molecule has 0 radical (unpaired) electrons. The number of hydrogen-bond acceptors (Lipinski definition) is 5. The second-order valence-electron chi connectivity index (χ2n) is 8.36. The summed E-state index contributed by atoms with van der Waals surface area (Å²) in [6.07, 6.45) is 1.97. The van der Waals surface area contributed by atoms with Gasteiger partial charge in [-0.25, -0.2) is 4.79 Å². The molecule has 1 aromatic heterocycles. The van der Waals surface area contributed by atoms with Gasteiger partial charge in [0.05, 0.1) is 36.1 Å². The topological polar surface area (TPSA) is 111 Å². The molecule has 1 fully saturated rings. The van der Waals surface area contributed by atoms with Gasteiger partial charge in [0, 0.05) is 29.3 Å². The van der Waals surface area contributed by atoms with Crippen LogP contribution in [0.2, 0.25) is 0 Å². The molecule has 1 saturated heterocycles. The predicted octanol–water partition coefficient (Wildman–Crippen LogP) is 3.57. The molecule has 166 valence electrons. The zero-order valence-corrected chi connectivity index (χ0v) is 18.2. The summed E-state index contributed by atoms with van der Waals surface area (Å²) in [7, 11) is 0. The van der Waals surface area contributed by atoms with Gasteiger partial charge in [0.2, 0.25) is 5.91 Å². The van der Waals surface area contributed by atoms with Gasteiger partial charge in [-0.15, -0.1) is 0 Å². The Kier molecular flexibility index (Phi) is 5.31. The van der Waals surface area contributed by atoms with Crippen LogP contribution in [0.3, 0.4) is 0 Å². The number of fused-ring (bicyclic) bond motifs is 3. The molecule has 2 aliphatic rings. The number of aromatic nitrogens is 2. The number of ether oxygens (including phenoxy) is 1. The molecule has 2 aromatic carbocycles. The molecule has 5 rings (SSSR count). The fraction of sp³-hybridized carbons (Fsp3) is 0.280. The molecular formula is C25H23N5O3. The quantitative estimate of drug-likeness (QED) is 0.643. The van der Waals surface area contributed by atoms with Crippen LogP contribution in [-0.2, 0) is 22.4 Å². The molecule has 1 unspecified atom stereocenters. The lowest BCUT2D eigenvalue weighted by atomic mass is 9.99. The number of aromatic amines is 1. The van der Waals surface area contributed by atoms with E-state index in [0.29, 0.717) is 18.7 Å². The Balaban J connectivity index is 1.43. The molecule has 1 atom stereocenters. The number of cyclic esters (lactones) is 1. The Morgan fingerprint density at radius 2 is 2.09 bits per heavy atom. The molecular weight excluding hydrogens is 418 g/mol. The van der Waals surface area contributed by atoms with E-state index in [1.54, 1.807) is 4.90 Å². The van der Waals surface area contributed by atoms with E-state index in [1.807, 2.05) is 36.4 Å². The monoisotopic (exact) mass is 441 g/mol. The van der Waals surface area contributed by atoms with Crippen molar-refractivity contribution in [2.45, 2.75) is 32.3 Å². The summed E-state index contributed by atoms with van der Waals surface area (Å²) in [5.74, 6) is -0.148. The van der Waals surface area contributed by atoms with Crippen LogP contribution in [0.1, 0.15) is 30.0 Å². The van der Waals surface area contributed by atoms with Crippen LogP contribution in [0.5, 0.6) is 0 Å². The van der Waals surface area contributed by atoms with E-state index in [0.717, 1.165) is 53.0 Å². The SMILES string of the molecule is CC(=O)NCC1CN(c2ccc3c(c2)CCCc2c(-c4ccc(C#N)cc4)n[nH]c2-3)C(=O)O1. The Morgan fingerprint density at radius 3 is 2.85 bits per heavy atom. The van der Waals surface area contributed by atoms with Crippen molar-refractivity contribution in [3.63, 3.8) is 0 Å². The number of H-pyrrole nitrogens is 1. The third-order valence-electron chi connectivity index (χ3n) is 6.15. The number of anilines is 1. The molecule has 2 amide bonds. The number of benzene rings is 2. The largest absolute Gasteiger partial charge is 0.442 e. The van der Waals surface area contributed by atoms with E-state index in [2.05, 4.69) is 27.6 Å². The lowest BCUT2D eigenvalue weighted by molar-refractivity contribution is -0.119. The first kappa shape index (κ1) is 20.8. The number of nitrogens with zero attached hydrogens (tertiary/aromatic N) is 3. The lowest BCUT2D eigenvalue weighted by Gasteiger charge is -2.16. The predicted molar refractivity (Wildman–Crippen MR) is 122 cm³/mol. The first-order valence-corrected chi connectivity index (χ1v) is 11.0. The first-order chi connectivity index (χ1) is 16.0. The highest BCUT2D eigenvalue weighted by Gasteiger charge is 2.33. The summed E-state index contributed by atoms with van der Waals surface area (Å²) < 4.78 is 5.41. The van der Waals surface area contributed by atoms with Crippen molar-refractivity contribution in [3.05, 3.63) is 59.2 Å². The fourth-order valence-corrected chi connectivity index (χ4v) is 4.52. The van der Waals surface area contributed by atoms with E-state index < -0.39 is 6.09 Å². The lowest BCUT2D eigenvalue weighted by Crippen LogP contribution is -2.33. The number of rotatable bonds is 4. The third kappa shape index (κ3) is 3.94. The minimum atomic E-state index is -0.399. The smallest absolute Gasteiger partial charge is 0.414 e. The van der Waals surface area contributed by atoms with Crippen LogP contribution >= 0.6 is 0 Å². The van der Waals surface area contributed by atoms with Gasteiger partial charge >= 0.3 is 6.09 Å². The van der Waals surface area contributed by atoms with Crippen molar-refractivity contribution in [2.75, 3.05) is 18.0 Å². The normalized spacial score (nSPS) is 16.9. The molecule has 2 N–H and O–H groups in total. The molecule has 2 heterocycles. The molecule has 0 bridgehead atoms. The van der Waals surface area contributed by atoms with Crippen LogP contribution in [0.15, 0.2) is 42.5 Å². The van der Waals surface area contributed by atoms with Crippen molar-refractivity contribution >= 4 is 17.7 Å². The van der Waals surface area contributed by atoms with Crippen LogP contribution in [-0.4, -0.2) is 41.4 Å². The average molecular weight is 441 g/mol. The van der Waals surface area contributed by atoms with E-state index in [1.165, 1.54) is 12.5 Å². The van der Waals surface area contributed by atoms with Gasteiger partial charge < -0.3 is 10.1 Å². The molecule has 1 aliphatic carbocycles. The molecule has 8 nitrogen and oxygen atoms in total. The second kappa shape index (κ2) is 8.43. The van der Waals surface area contributed by atoms with Gasteiger partial charge in [-0.1, -0.05) is 18.2 Å². The highest BCUT2D eigenvalue weighted by Crippen LogP contribution is 2.38. The molecule has 8 heteroatoms. The van der Waals surface area contributed by atoms with Crippen molar-refractivity contribution in [1.29, 1.82) is 5.26 Å². The van der Waals surface area contributed by atoms with E-state index in [4.69, 9.17) is 10.00 Å². The standard InChI is InChI=1S/C25H23N5O3/c1-15(31)27-13-20-14-30(25(32)33-20)19-9-10-21-18(11-19)3-2-4-22-23(28-29-24(21)22)17-7-5-16(12-26)6-8-17/h5-11,20H,2-4,13-14H2,1H3,(H,27,31)(H,28,29). The number of hydrogen-bond donors (Lipinski definition) is 2. The molecule has 33 heavy (non-hydrogen) atoms. The highest BCUT2D eigenvalue weighted by molar-refractivity contribution is 5.91. The maximum Gasteiger partial charge on any atom is 0.414 e. The van der Waals surface area contributed by atoms with Crippen molar-refractivity contribution < 1.29 is 14.3 Å². The summed E-state index contributed by atoms with van der Waals surface area (Å²) in [4.78, 5) is 25.2. The van der Waals surface area contributed by atoms with E-state index in [9.17, 15) is 9.59 Å². The van der Waals surface area contributed by atoms with E-state index >= 15 is 0 Å². The average Bonchev–Trinajstić information content (AvgIpc) is 3.36. The number of nitrogens with one attached hydrogen (secondary N) is 2. The number of carbonyl (C=O) groups is 2. The number of aryl methyl sites for hydroxylation is 1. The summed E-state index contributed by atoms with van der Waals surface area (Å²) in [5, 5.41) is 19.6. The molecule has 0 saturated carbocycles. The Hall–Kier alpha value is -4.12. The first-order valence-electron chi connectivity index (χ1n) is 11.0.